The van der Waals surface area contributed by atoms with Gasteiger partial charge in [0.05, 0.1) is 17.6 Å². The van der Waals surface area contributed by atoms with Gasteiger partial charge in [-0.15, -0.1) is 6.58 Å². The molecule has 1 amide bonds. The monoisotopic (exact) mass is 281 g/mol. The number of aliphatic carboxylic acids is 1. The molecule has 20 heavy (non-hydrogen) atoms. The van der Waals surface area contributed by atoms with E-state index in [9.17, 15) is 19.8 Å². The number of allylic oxidation sites excluding steroid dienone is 1. The van der Waals surface area contributed by atoms with E-state index < -0.39 is 17.5 Å². The number of amides is 1. The van der Waals surface area contributed by atoms with E-state index in [1.54, 1.807) is 26.8 Å². The molecule has 0 bridgehead atoms. The highest BCUT2D eigenvalue weighted by atomic mass is 16.4. The molecular weight excluding hydrogens is 258 g/mol. The van der Waals surface area contributed by atoms with Crippen LogP contribution in [0.15, 0.2) is 23.9 Å². The van der Waals surface area contributed by atoms with Crippen LogP contribution in [0.4, 0.5) is 0 Å². The first-order chi connectivity index (χ1) is 9.16. The summed E-state index contributed by atoms with van der Waals surface area (Å²) in [6.45, 7) is 10.3. The van der Waals surface area contributed by atoms with Crippen molar-refractivity contribution in [2.45, 2.75) is 52.2 Å². The molecule has 5 heteroatoms. The zero-order valence-electron chi connectivity index (χ0n) is 12.5. The lowest BCUT2D eigenvalue weighted by molar-refractivity contribution is -0.171. The molecule has 1 aliphatic rings. The summed E-state index contributed by atoms with van der Waals surface area (Å²) in [5.41, 5.74) is -0.496. The van der Waals surface area contributed by atoms with Crippen molar-refractivity contribution < 1.29 is 19.8 Å². The van der Waals surface area contributed by atoms with Crippen LogP contribution in [0, 0.1) is 5.92 Å². The van der Waals surface area contributed by atoms with Crippen LogP contribution in [0.25, 0.3) is 0 Å². The van der Waals surface area contributed by atoms with Crippen LogP contribution in [-0.4, -0.2) is 38.6 Å². The van der Waals surface area contributed by atoms with Gasteiger partial charge < -0.3 is 15.1 Å². The predicted molar refractivity (Wildman–Crippen MR) is 75.9 cm³/mol. The van der Waals surface area contributed by atoms with Crippen LogP contribution in [0.3, 0.4) is 0 Å². The predicted octanol–water partition coefficient (Wildman–Crippen LogP) is 1.93. The largest absolute Gasteiger partial charge is 0.477 e. The maximum atomic E-state index is 12.3. The molecule has 1 rings (SSSR count). The second-order valence-electron chi connectivity index (χ2n) is 5.72. The smallest absolute Gasteiger partial charge is 0.352 e. The number of likely N-dealkylation sites (tertiary alicyclic amines) is 1. The topological polar surface area (TPSA) is 77.8 Å². The minimum atomic E-state index is -1.18. The highest BCUT2D eigenvalue weighted by molar-refractivity contribution is 5.98. The molecule has 0 aromatic carbocycles. The van der Waals surface area contributed by atoms with Crippen molar-refractivity contribution in [1.82, 2.24) is 4.90 Å². The molecule has 0 aromatic rings. The van der Waals surface area contributed by atoms with Gasteiger partial charge >= 0.3 is 5.97 Å². The summed E-state index contributed by atoms with van der Waals surface area (Å²) in [7, 11) is 0. The third-order valence-electron chi connectivity index (χ3n) is 3.77. The summed E-state index contributed by atoms with van der Waals surface area (Å²) in [5.74, 6) is -2.05. The first-order valence-electron chi connectivity index (χ1n) is 6.76. The fourth-order valence-electron chi connectivity index (χ4n) is 2.66. The molecule has 1 saturated heterocycles. The molecular formula is C15H23NO4. The Labute approximate surface area is 119 Å². The summed E-state index contributed by atoms with van der Waals surface area (Å²) in [6, 6.07) is -0.354. The van der Waals surface area contributed by atoms with E-state index in [4.69, 9.17) is 0 Å². The summed E-state index contributed by atoms with van der Waals surface area (Å²) in [5, 5.41) is 19.5. The summed E-state index contributed by atoms with van der Waals surface area (Å²) >= 11 is 0. The Bertz CT molecular complexity index is 459. The number of carbonyl (C=O) groups is 2. The first kappa shape index (κ1) is 16.4. The molecule has 1 aliphatic heterocycles. The van der Waals surface area contributed by atoms with Crippen molar-refractivity contribution in [1.29, 1.82) is 0 Å². The van der Waals surface area contributed by atoms with Crippen molar-refractivity contribution in [2.24, 2.45) is 5.92 Å². The van der Waals surface area contributed by atoms with Gasteiger partial charge in [0.2, 0.25) is 5.91 Å². The SMILES string of the molecule is C=CC[C@@H]1[C@@H](C(C)(C)O)C(=O)N1C(C(=O)O)=C(C)CC. The van der Waals surface area contributed by atoms with Crippen LogP contribution in [0.2, 0.25) is 0 Å². The Morgan fingerprint density at radius 2 is 2.05 bits per heavy atom. The average Bonchev–Trinajstić information content (AvgIpc) is 2.32. The number of hydrogen-bond donors (Lipinski definition) is 2. The Kier molecular flexibility index (Phi) is 4.76. The van der Waals surface area contributed by atoms with Crippen molar-refractivity contribution in [3.05, 3.63) is 23.9 Å². The third kappa shape index (κ3) is 2.77. The fourth-order valence-corrected chi connectivity index (χ4v) is 2.66. The fraction of sp³-hybridized carbons (Fsp3) is 0.600. The van der Waals surface area contributed by atoms with Crippen molar-refractivity contribution in [3.63, 3.8) is 0 Å². The second-order valence-corrected chi connectivity index (χ2v) is 5.72. The van der Waals surface area contributed by atoms with Crippen LogP contribution >= 0.6 is 0 Å². The normalized spacial score (nSPS) is 24.1. The molecule has 1 fully saturated rings. The Hall–Kier alpha value is -1.62. The molecule has 0 aliphatic carbocycles. The zero-order valence-corrected chi connectivity index (χ0v) is 12.5. The van der Waals surface area contributed by atoms with Gasteiger partial charge in [0.25, 0.3) is 0 Å². The van der Waals surface area contributed by atoms with Gasteiger partial charge in [-0.3, -0.25) is 4.79 Å². The Morgan fingerprint density at radius 3 is 2.40 bits per heavy atom. The number of carboxylic acid groups (broad SMARTS) is 1. The van der Waals surface area contributed by atoms with Gasteiger partial charge in [-0.1, -0.05) is 13.0 Å². The number of aliphatic hydroxyl groups is 1. The van der Waals surface area contributed by atoms with E-state index in [2.05, 4.69) is 6.58 Å². The van der Waals surface area contributed by atoms with Gasteiger partial charge in [-0.05, 0) is 39.2 Å². The van der Waals surface area contributed by atoms with Crippen LogP contribution < -0.4 is 0 Å². The molecule has 0 saturated carbocycles. The molecule has 0 spiro atoms. The standard InChI is InChI=1S/C15H23NO4/c1-6-8-10-11(15(4,5)20)13(17)16(10)12(14(18)19)9(3)7-2/h6,10-11,20H,1,7-8H2,2-5H3,(H,18,19)/t10-,11-/m1/s1. The molecule has 5 nitrogen and oxygen atoms in total. The van der Waals surface area contributed by atoms with Crippen molar-refractivity contribution in [3.8, 4) is 0 Å². The van der Waals surface area contributed by atoms with Gasteiger partial charge in [0, 0.05) is 0 Å². The van der Waals surface area contributed by atoms with Crippen molar-refractivity contribution >= 4 is 11.9 Å². The molecule has 1 heterocycles. The zero-order chi connectivity index (χ0) is 15.7. The molecule has 0 radical (unpaired) electrons. The van der Waals surface area contributed by atoms with Gasteiger partial charge in [0.15, 0.2) is 0 Å². The van der Waals surface area contributed by atoms with Crippen molar-refractivity contribution in [2.75, 3.05) is 0 Å². The number of rotatable bonds is 6. The maximum Gasteiger partial charge on any atom is 0.352 e. The van der Waals surface area contributed by atoms with Gasteiger partial charge in [0.1, 0.15) is 5.70 Å². The molecule has 112 valence electrons. The van der Waals surface area contributed by atoms with E-state index >= 15 is 0 Å². The number of nitrogens with zero attached hydrogens (tertiary/aromatic N) is 1. The quantitative estimate of drug-likeness (QED) is 0.443. The third-order valence-corrected chi connectivity index (χ3v) is 3.77. The maximum absolute atomic E-state index is 12.3. The minimum Gasteiger partial charge on any atom is -0.477 e. The average molecular weight is 281 g/mol. The molecule has 2 N–H and O–H groups in total. The van der Waals surface area contributed by atoms with E-state index in [0.29, 0.717) is 18.4 Å². The Morgan fingerprint density at radius 1 is 1.50 bits per heavy atom. The molecule has 0 unspecified atom stereocenters. The highest BCUT2D eigenvalue weighted by Gasteiger charge is 2.55. The number of carbonyl (C=O) groups excluding carboxylic acids is 1. The summed E-state index contributed by atoms with van der Waals surface area (Å²) in [6.07, 6.45) is 2.65. The lowest BCUT2D eigenvalue weighted by Crippen LogP contribution is -2.67. The summed E-state index contributed by atoms with van der Waals surface area (Å²) < 4.78 is 0. The van der Waals surface area contributed by atoms with E-state index in [1.165, 1.54) is 4.90 Å². The second kappa shape index (κ2) is 5.79. The lowest BCUT2D eigenvalue weighted by atomic mass is 9.74. The summed E-state index contributed by atoms with van der Waals surface area (Å²) in [4.78, 5) is 25.0. The number of carboxylic acids is 1. The van der Waals surface area contributed by atoms with Gasteiger partial charge in [-0.25, -0.2) is 4.79 Å². The van der Waals surface area contributed by atoms with Crippen LogP contribution in [0.5, 0.6) is 0 Å². The van der Waals surface area contributed by atoms with E-state index in [1.807, 2.05) is 6.92 Å². The minimum absolute atomic E-state index is 0.0323. The van der Waals surface area contributed by atoms with Crippen LogP contribution in [0.1, 0.15) is 40.5 Å². The number of hydrogen-bond acceptors (Lipinski definition) is 3. The molecule has 2 atom stereocenters. The highest BCUT2D eigenvalue weighted by Crippen LogP contribution is 2.40. The molecule has 0 aromatic heterocycles. The van der Waals surface area contributed by atoms with E-state index in [0.717, 1.165) is 0 Å². The van der Waals surface area contributed by atoms with E-state index in [-0.39, 0.29) is 17.6 Å². The van der Waals surface area contributed by atoms with Gasteiger partial charge in [-0.2, -0.15) is 0 Å². The first-order valence-corrected chi connectivity index (χ1v) is 6.76. The Balaban J connectivity index is 3.21. The van der Waals surface area contributed by atoms with Crippen LogP contribution in [-0.2, 0) is 9.59 Å². The number of β-lactam (4-membered cyclic amide) rings is 1. The lowest BCUT2D eigenvalue weighted by Gasteiger charge is -2.51.